The van der Waals surface area contributed by atoms with Crippen LogP contribution in [0.15, 0.2) is 57.5 Å². The first-order chi connectivity index (χ1) is 9.06. The summed E-state index contributed by atoms with van der Waals surface area (Å²) in [5.41, 5.74) is 1.78. The molecule has 0 unspecified atom stereocenters. The van der Waals surface area contributed by atoms with Crippen LogP contribution in [0, 0.1) is 0 Å². The molecule has 0 saturated carbocycles. The van der Waals surface area contributed by atoms with E-state index < -0.39 is 0 Å². The van der Waals surface area contributed by atoms with Gasteiger partial charge in [-0.25, -0.2) is 0 Å². The van der Waals surface area contributed by atoms with E-state index in [-0.39, 0.29) is 5.91 Å². The van der Waals surface area contributed by atoms with Gasteiger partial charge < -0.3 is 4.90 Å². The molecule has 0 aliphatic carbocycles. The summed E-state index contributed by atoms with van der Waals surface area (Å²) >= 11 is 6.79. The van der Waals surface area contributed by atoms with Gasteiger partial charge in [-0.3, -0.25) is 4.79 Å². The zero-order valence-electron chi connectivity index (χ0n) is 10.4. The van der Waals surface area contributed by atoms with Gasteiger partial charge in [-0.2, -0.15) is 0 Å². The van der Waals surface area contributed by atoms with E-state index in [4.69, 9.17) is 0 Å². The van der Waals surface area contributed by atoms with Crippen molar-refractivity contribution in [1.29, 1.82) is 0 Å². The maximum Gasteiger partial charge on any atom is 0.253 e. The average molecular weight is 383 g/mol. The first-order valence-corrected chi connectivity index (χ1v) is 7.40. The van der Waals surface area contributed by atoms with Gasteiger partial charge in [0.05, 0.1) is 0 Å². The molecule has 1 amide bonds. The number of carbonyl (C=O) groups is 1. The molecule has 0 saturated heterocycles. The summed E-state index contributed by atoms with van der Waals surface area (Å²) in [5, 5.41) is 0. The quantitative estimate of drug-likeness (QED) is 0.766. The lowest BCUT2D eigenvalue weighted by Crippen LogP contribution is -2.26. The van der Waals surface area contributed by atoms with Gasteiger partial charge in [0.1, 0.15) is 0 Å². The van der Waals surface area contributed by atoms with Crippen molar-refractivity contribution in [3.05, 3.63) is 68.6 Å². The van der Waals surface area contributed by atoms with Crippen LogP contribution in [0.4, 0.5) is 0 Å². The predicted octanol–water partition coefficient (Wildman–Crippen LogP) is 4.48. The minimum absolute atomic E-state index is 0.00542. The summed E-state index contributed by atoms with van der Waals surface area (Å²) in [6.07, 6.45) is 0. The summed E-state index contributed by atoms with van der Waals surface area (Å²) in [6, 6.07) is 15.5. The summed E-state index contributed by atoms with van der Waals surface area (Å²) in [7, 11) is 1.81. The molecule has 2 nitrogen and oxygen atoms in total. The van der Waals surface area contributed by atoms with Crippen LogP contribution in [0.5, 0.6) is 0 Å². The van der Waals surface area contributed by atoms with E-state index in [1.54, 1.807) is 4.90 Å². The van der Waals surface area contributed by atoms with Gasteiger partial charge in [0.25, 0.3) is 5.91 Å². The second kappa shape index (κ2) is 6.35. The van der Waals surface area contributed by atoms with Crippen molar-refractivity contribution in [2.75, 3.05) is 7.05 Å². The monoisotopic (exact) mass is 381 g/mol. The number of hydrogen-bond donors (Lipinski definition) is 0. The van der Waals surface area contributed by atoms with Crippen molar-refractivity contribution >= 4 is 37.8 Å². The molecule has 0 fully saturated rings. The van der Waals surface area contributed by atoms with Crippen molar-refractivity contribution in [3.8, 4) is 0 Å². The Morgan fingerprint density at radius 2 is 1.63 bits per heavy atom. The summed E-state index contributed by atoms with van der Waals surface area (Å²) in [4.78, 5) is 14.0. The number of benzene rings is 2. The molecule has 0 atom stereocenters. The fraction of sp³-hybridized carbons (Fsp3) is 0.133. The molecule has 0 radical (unpaired) electrons. The normalized spacial score (nSPS) is 10.3. The predicted molar refractivity (Wildman–Crippen MR) is 84.1 cm³/mol. The molecule has 2 aromatic carbocycles. The van der Waals surface area contributed by atoms with Gasteiger partial charge in [0.15, 0.2) is 0 Å². The summed E-state index contributed by atoms with van der Waals surface area (Å²) < 4.78 is 1.77. The number of halogens is 2. The van der Waals surface area contributed by atoms with Crippen LogP contribution >= 0.6 is 31.9 Å². The number of nitrogens with zero attached hydrogens (tertiary/aromatic N) is 1. The molecule has 2 aromatic rings. The van der Waals surface area contributed by atoms with E-state index in [1.807, 2.05) is 55.6 Å². The fourth-order valence-electron chi connectivity index (χ4n) is 1.83. The average Bonchev–Trinajstić information content (AvgIpc) is 2.37. The van der Waals surface area contributed by atoms with Crippen molar-refractivity contribution < 1.29 is 4.79 Å². The molecule has 98 valence electrons. The van der Waals surface area contributed by atoms with E-state index >= 15 is 0 Å². The lowest BCUT2D eigenvalue weighted by Gasteiger charge is -2.17. The number of carbonyl (C=O) groups excluding carboxylic acids is 1. The first kappa shape index (κ1) is 14.3. The Morgan fingerprint density at radius 1 is 1.05 bits per heavy atom. The van der Waals surface area contributed by atoms with Crippen LogP contribution in [-0.4, -0.2) is 17.9 Å². The number of rotatable bonds is 3. The van der Waals surface area contributed by atoms with Gasteiger partial charge in [-0.1, -0.05) is 62.2 Å². The highest BCUT2D eigenvalue weighted by molar-refractivity contribution is 9.11. The van der Waals surface area contributed by atoms with Crippen LogP contribution in [0.2, 0.25) is 0 Å². The Morgan fingerprint density at radius 3 is 2.21 bits per heavy atom. The van der Waals surface area contributed by atoms with Crippen molar-refractivity contribution in [3.63, 3.8) is 0 Å². The lowest BCUT2D eigenvalue weighted by atomic mass is 10.1. The van der Waals surface area contributed by atoms with E-state index in [0.29, 0.717) is 12.1 Å². The van der Waals surface area contributed by atoms with Gasteiger partial charge in [-0.05, 0) is 23.8 Å². The van der Waals surface area contributed by atoms with Crippen LogP contribution in [0.25, 0.3) is 0 Å². The van der Waals surface area contributed by atoms with E-state index in [9.17, 15) is 4.79 Å². The summed E-state index contributed by atoms with van der Waals surface area (Å²) in [6.45, 7) is 0.601. The Balaban J connectivity index is 2.15. The van der Waals surface area contributed by atoms with Crippen molar-refractivity contribution in [1.82, 2.24) is 4.90 Å². The zero-order valence-corrected chi connectivity index (χ0v) is 13.6. The molecular formula is C15H13Br2NO. The van der Waals surface area contributed by atoms with Gasteiger partial charge in [0.2, 0.25) is 0 Å². The largest absolute Gasteiger partial charge is 0.337 e. The highest BCUT2D eigenvalue weighted by atomic mass is 79.9. The molecular weight excluding hydrogens is 370 g/mol. The smallest absolute Gasteiger partial charge is 0.253 e. The minimum Gasteiger partial charge on any atom is -0.337 e. The Hall–Kier alpha value is -1.13. The van der Waals surface area contributed by atoms with E-state index in [1.165, 1.54) is 0 Å². The molecule has 0 bridgehead atoms. The topological polar surface area (TPSA) is 20.3 Å². The Bertz CT molecular complexity index is 564. The van der Waals surface area contributed by atoms with Gasteiger partial charge in [-0.15, -0.1) is 0 Å². The third-order valence-electron chi connectivity index (χ3n) is 2.72. The lowest BCUT2D eigenvalue weighted by molar-refractivity contribution is 0.0785. The fourth-order valence-corrected chi connectivity index (χ4v) is 3.12. The second-order valence-corrected chi connectivity index (χ2v) is 6.14. The Kier molecular flexibility index (Phi) is 4.77. The van der Waals surface area contributed by atoms with Crippen LogP contribution < -0.4 is 0 Å². The van der Waals surface area contributed by atoms with E-state index in [2.05, 4.69) is 31.9 Å². The number of amides is 1. The molecule has 0 aromatic heterocycles. The maximum absolute atomic E-state index is 12.3. The molecule has 0 heterocycles. The third kappa shape index (κ3) is 3.91. The van der Waals surface area contributed by atoms with Crippen molar-refractivity contribution in [2.45, 2.75) is 6.54 Å². The third-order valence-corrected chi connectivity index (χ3v) is 3.63. The minimum atomic E-state index is 0.00542. The van der Waals surface area contributed by atoms with Crippen LogP contribution in [-0.2, 0) is 6.54 Å². The van der Waals surface area contributed by atoms with Crippen LogP contribution in [0.1, 0.15) is 15.9 Å². The van der Waals surface area contributed by atoms with Gasteiger partial charge in [0, 0.05) is 28.1 Å². The molecule has 4 heteroatoms. The molecule has 0 aliphatic rings. The highest BCUT2D eigenvalue weighted by Crippen LogP contribution is 2.21. The molecule has 0 N–H and O–H groups in total. The molecule has 2 rings (SSSR count). The molecule has 0 aliphatic heterocycles. The van der Waals surface area contributed by atoms with Crippen LogP contribution in [0.3, 0.4) is 0 Å². The van der Waals surface area contributed by atoms with Crippen molar-refractivity contribution in [2.24, 2.45) is 0 Å². The Labute approximate surface area is 129 Å². The zero-order chi connectivity index (χ0) is 13.8. The first-order valence-electron chi connectivity index (χ1n) is 5.82. The summed E-state index contributed by atoms with van der Waals surface area (Å²) in [5.74, 6) is 0.00542. The maximum atomic E-state index is 12.3. The second-order valence-electron chi connectivity index (χ2n) is 4.30. The molecule has 19 heavy (non-hydrogen) atoms. The SMILES string of the molecule is CN(Cc1ccccc1)C(=O)c1cc(Br)cc(Br)c1. The van der Waals surface area contributed by atoms with Gasteiger partial charge >= 0.3 is 0 Å². The standard InChI is InChI=1S/C15H13Br2NO/c1-18(10-11-5-3-2-4-6-11)15(19)12-7-13(16)9-14(17)8-12/h2-9H,10H2,1H3. The molecule has 0 spiro atoms. The number of hydrogen-bond acceptors (Lipinski definition) is 1. The van der Waals surface area contributed by atoms with E-state index in [0.717, 1.165) is 14.5 Å². The highest BCUT2D eigenvalue weighted by Gasteiger charge is 2.13.